The quantitative estimate of drug-likeness (QED) is 0.223. The molecule has 0 aromatic carbocycles. The summed E-state index contributed by atoms with van der Waals surface area (Å²) < 4.78 is 0. The van der Waals surface area contributed by atoms with E-state index in [1.807, 2.05) is 30.5 Å². The Morgan fingerprint density at radius 2 is 1.95 bits per heavy atom. The van der Waals surface area contributed by atoms with E-state index in [-0.39, 0.29) is 0 Å². The first-order chi connectivity index (χ1) is 18.2. The molecule has 1 saturated heterocycles. The van der Waals surface area contributed by atoms with Gasteiger partial charge in [0, 0.05) is 31.0 Å². The second-order valence-electron chi connectivity index (χ2n) is 9.59. The molecule has 6 rings (SSSR count). The fraction of sp³-hybridized carbons (Fsp3) is 0.370. The number of pyridine rings is 3. The van der Waals surface area contributed by atoms with Crippen LogP contribution in [0.25, 0.3) is 44.8 Å². The van der Waals surface area contributed by atoms with Gasteiger partial charge in [-0.3, -0.25) is 10.1 Å². The van der Waals surface area contributed by atoms with Gasteiger partial charge < -0.3 is 20.3 Å². The van der Waals surface area contributed by atoms with Crippen molar-refractivity contribution < 1.29 is 5.11 Å². The highest BCUT2D eigenvalue weighted by molar-refractivity contribution is 5.94. The molecule has 10 heteroatoms. The molecule has 0 spiro atoms. The van der Waals surface area contributed by atoms with Crippen molar-refractivity contribution in [3.63, 3.8) is 0 Å². The Balaban J connectivity index is 1.33. The van der Waals surface area contributed by atoms with Gasteiger partial charge in [-0.25, -0.2) is 15.0 Å². The number of aromatic nitrogens is 7. The average molecular weight is 498 g/mol. The summed E-state index contributed by atoms with van der Waals surface area (Å²) >= 11 is 0. The summed E-state index contributed by atoms with van der Waals surface area (Å²) in [6.45, 7) is 4.11. The van der Waals surface area contributed by atoms with Crippen LogP contribution in [0, 0.1) is 0 Å². The standard InChI is InChI=1S/C27H31N9O/c1-2-3-7-22(37)30-18-14-17(15-28-16-18)19-8-9-21-23(31-19)25(35-34-21)26-32-20-10-11-29-27(24(20)33-26)36-12-5-4-6-13-36/h8-11,14-16,22,30,37H,2-7,12-13H2,1H3,(H,32,33)(H,34,35). The lowest BCUT2D eigenvalue weighted by Crippen LogP contribution is -2.30. The lowest BCUT2D eigenvalue weighted by Gasteiger charge is -2.27. The van der Waals surface area contributed by atoms with Gasteiger partial charge >= 0.3 is 0 Å². The molecule has 10 nitrogen and oxygen atoms in total. The number of imidazole rings is 1. The average Bonchev–Trinajstić information content (AvgIpc) is 3.56. The van der Waals surface area contributed by atoms with Crippen LogP contribution < -0.4 is 10.2 Å². The third kappa shape index (κ3) is 4.72. The molecule has 1 aliphatic rings. The topological polar surface area (TPSA) is 132 Å². The molecule has 1 aliphatic heterocycles. The second kappa shape index (κ2) is 10.1. The number of hydrogen-bond acceptors (Lipinski definition) is 8. The molecular formula is C27H31N9O. The zero-order valence-electron chi connectivity index (χ0n) is 20.9. The summed E-state index contributed by atoms with van der Waals surface area (Å²) in [5, 5.41) is 21.0. The molecule has 190 valence electrons. The lowest BCUT2D eigenvalue weighted by atomic mass is 10.1. The van der Waals surface area contributed by atoms with Crippen molar-refractivity contribution in [3.05, 3.63) is 42.9 Å². The zero-order chi connectivity index (χ0) is 25.2. The summed E-state index contributed by atoms with van der Waals surface area (Å²) in [5.41, 5.74) is 6.37. The number of nitrogens with zero attached hydrogens (tertiary/aromatic N) is 6. The molecule has 0 amide bonds. The van der Waals surface area contributed by atoms with E-state index in [1.165, 1.54) is 19.3 Å². The van der Waals surface area contributed by atoms with Crippen LogP contribution >= 0.6 is 0 Å². The maximum absolute atomic E-state index is 10.2. The monoisotopic (exact) mass is 497 g/mol. The van der Waals surface area contributed by atoms with Crippen molar-refractivity contribution in [2.24, 2.45) is 0 Å². The number of aliphatic hydroxyl groups is 1. The van der Waals surface area contributed by atoms with Gasteiger partial charge in [-0.15, -0.1) is 0 Å². The molecule has 0 saturated carbocycles. The van der Waals surface area contributed by atoms with Crippen molar-refractivity contribution in [2.75, 3.05) is 23.3 Å². The Labute approximate surface area is 214 Å². The molecule has 6 heterocycles. The minimum atomic E-state index is -0.606. The Bertz CT molecular complexity index is 1520. The highest BCUT2D eigenvalue weighted by atomic mass is 16.3. The van der Waals surface area contributed by atoms with E-state index in [9.17, 15) is 5.11 Å². The third-order valence-electron chi connectivity index (χ3n) is 6.87. The minimum Gasteiger partial charge on any atom is -0.374 e. The number of H-pyrrole nitrogens is 2. The van der Waals surface area contributed by atoms with Crippen LogP contribution in [0.15, 0.2) is 42.9 Å². The van der Waals surface area contributed by atoms with Crippen molar-refractivity contribution in [1.29, 1.82) is 0 Å². The molecule has 0 bridgehead atoms. The number of unbranched alkanes of at least 4 members (excludes halogenated alkanes) is 1. The van der Waals surface area contributed by atoms with Gasteiger partial charge in [-0.1, -0.05) is 13.3 Å². The second-order valence-corrected chi connectivity index (χ2v) is 9.59. The van der Waals surface area contributed by atoms with Crippen molar-refractivity contribution >= 4 is 33.6 Å². The number of anilines is 2. The van der Waals surface area contributed by atoms with Gasteiger partial charge in [-0.2, -0.15) is 5.10 Å². The molecule has 0 aliphatic carbocycles. The Morgan fingerprint density at radius 1 is 1.05 bits per heavy atom. The number of piperidine rings is 1. The van der Waals surface area contributed by atoms with E-state index in [0.717, 1.165) is 70.8 Å². The van der Waals surface area contributed by atoms with E-state index < -0.39 is 6.23 Å². The molecule has 5 aromatic heterocycles. The fourth-order valence-corrected chi connectivity index (χ4v) is 4.92. The maximum Gasteiger partial charge on any atom is 0.161 e. The summed E-state index contributed by atoms with van der Waals surface area (Å²) in [4.78, 5) is 24.6. The molecule has 5 aromatic rings. The van der Waals surface area contributed by atoms with Gasteiger partial charge in [-0.05, 0) is 56.4 Å². The van der Waals surface area contributed by atoms with Gasteiger partial charge in [0.2, 0.25) is 0 Å². The first-order valence-corrected chi connectivity index (χ1v) is 13.0. The summed E-state index contributed by atoms with van der Waals surface area (Å²) in [7, 11) is 0. The Hall–Kier alpha value is -4.05. The Kier molecular flexibility index (Phi) is 6.40. The molecule has 1 atom stereocenters. The van der Waals surface area contributed by atoms with Crippen molar-refractivity contribution in [1.82, 2.24) is 35.1 Å². The maximum atomic E-state index is 10.2. The van der Waals surface area contributed by atoms with Gasteiger partial charge in [0.05, 0.1) is 28.6 Å². The molecule has 1 fully saturated rings. The predicted octanol–water partition coefficient (Wildman–Crippen LogP) is 4.87. The van der Waals surface area contributed by atoms with E-state index in [4.69, 9.17) is 9.97 Å². The highest BCUT2D eigenvalue weighted by Gasteiger charge is 2.20. The van der Waals surface area contributed by atoms with Crippen LogP contribution in [0.3, 0.4) is 0 Å². The van der Waals surface area contributed by atoms with Crippen molar-refractivity contribution in [2.45, 2.75) is 51.7 Å². The van der Waals surface area contributed by atoms with Crippen LogP contribution in [0.4, 0.5) is 11.5 Å². The Morgan fingerprint density at radius 3 is 2.81 bits per heavy atom. The zero-order valence-corrected chi connectivity index (χ0v) is 20.9. The summed E-state index contributed by atoms with van der Waals surface area (Å²) in [6, 6.07) is 7.81. The van der Waals surface area contributed by atoms with Crippen LogP contribution in [0.1, 0.15) is 45.4 Å². The first-order valence-electron chi connectivity index (χ1n) is 13.0. The number of fused-ring (bicyclic) bond motifs is 2. The number of nitrogens with one attached hydrogen (secondary N) is 3. The summed E-state index contributed by atoms with van der Waals surface area (Å²) in [5.74, 6) is 1.58. The number of aromatic amines is 2. The largest absolute Gasteiger partial charge is 0.374 e. The molecular weight excluding hydrogens is 466 g/mol. The lowest BCUT2D eigenvalue weighted by molar-refractivity contribution is 0.190. The molecule has 37 heavy (non-hydrogen) atoms. The highest BCUT2D eigenvalue weighted by Crippen LogP contribution is 2.31. The SMILES string of the molecule is CCCCC(O)Nc1cncc(-c2ccc3[nH]nc(-c4nc5c(N6CCCCC6)nccc5[nH]4)c3n2)c1. The molecule has 1 unspecified atom stereocenters. The molecule has 0 radical (unpaired) electrons. The van der Waals surface area contributed by atoms with Crippen LogP contribution in [0.5, 0.6) is 0 Å². The normalized spacial score (nSPS) is 14.9. The third-order valence-corrected chi connectivity index (χ3v) is 6.87. The van der Waals surface area contributed by atoms with Crippen LogP contribution in [0.2, 0.25) is 0 Å². The fourth-order valence-electron chi connectivity index (χ4n) is 4.92. The predicted molar refractivity (Wildman–Crippen MR) is 145 cm³/mol. The van der Waals surface area contributed by atoms with Gasteiger partial charge in [0.1, 0.15) is 17.3 Å². The van der Waals surface area contributed by atoms with E-state index in [0.29, 0.717) is 17.9 Å². The summed E-state index contributed by atoms with van der Waals surface area (Å²) in [6.07, 6.45) is 11.0. The first kappa shape index (κ1) is 23.4. The van der Waals surface area contributed by atoms with E-state index in [1.54, 1.807) is 12.4 Å². The number of rotatable bonds is 8. The van der Waals surface area contributed by atoms with Gasteiger partial charge in [0.15, 0.2) is 17.3 Å². The van der Waals surface area contributed by atoms with Gasteiger partial charge in [0.25, 0.3) is 0 Å². The smallest absolute Gasteiger partial charge is 0.161 e. The van der Waals surface area contributed by atoms with Crippen LogP contribution in [-0.4, -0.2) is 59.5 Å². The van der Waals surface area contributed by atoms with Crippen LogP contribution in [-0.2, 0) is 0 Å². The molecule has 4 N–H and O–H groups in total. The van der Waals surface area contributed by atoms with Crippen molar-refractivity contribution in [3.8, 4) is 22.8 Å². The number of aliphatic hydroxyl groups excluding tert-OH is 1. The van der Waals surface area contributed by atoms with E-state index in [2.05, 4.69) is 42.3 Å². The van der Waals surface area contributed by atoms with E-state index >= 15 is 0 Å². The minimum absolute atomic E-state index is 0.606. The number of hydrogen-bond donors (Lipinski definition) is 4.